The molecule has 0 radical (unpaired) electrons. The summed E-state index contributed by atoms with van der Waals surface area (Å²) >= 11 is 2.69. The Labute approximate surface area is 258 Å². The molecule has 4 aromatic rings. The summed E-state index contributed by atoms with van der Waals surface area (Å²) in [6.07, 6.45) is 3.78. The summed E-state index contributed by atoms with van der Waals surface area (Å²) in [7, 11) is 1.57. The predicted molar refractivity (Wildman–Crippen MR) is 167 cm³/mol. The van der Waals surface area contributed by atoms with Gasteiger partial charge in [-0.25, -0.2) is 4.79 Å². The van der Waals surface area contributed by atoms with Crippen LogP contribution in [0.25, 0.3) is 5.69 Å². The van der Waals surface area contributed by atoms with E-state index in [-0.39, 0.29) is 30.7 Å². The number of rotatable bonds is 11. The number of hydrogen-bond acceptors (Lipinski definition) is 9. The molecular formula is C31H33N5O5S2. The zero-order valence-corrected chi connectivity index (χ0v) is 25.9. The number of methoxy groups -OCH3 is 1. The number of thiophene rings is 1. The first kappa shape index (κ1) is 30.3. The minimum atomic E-state index is -0.398. The highest BCUT2D eigenvalue weighted by atomic mass is 32.2. The minimum Gasteiger partial charge on any atom is -0.497 e. The molecule has 2 amide bonds. The van der Waals surface area contributed by atoms with Crippen LogP contribution in [-0.4, -0.2) is 52.0 Å². The van der Waals surface area contributed by atoms with E-state index < -0.39 is 5.97 Å². The van der Waals surface area contributed by atoms with E-state index in [9.17, 15) is 14.4 Å². The van der Waals surface area contributed by atoms with Crippen LogP contribution < -0.4 is 15.4 Å². The fraction of sp³-hybridized carbons (Fsp3) is 0.323. The van der Waals surface area contributed by atoms with Gasteiger partial charge < -0.3 is 20.1 Å². The first-order valence-electron chi connectivity index (χ1n) is 14.1. The third-order valence-corrected chi connectivity index (χ3v) is 9.09. The number of nitrogens with one attached hydrogen (secondary N) is 2. The summed E-state index contributed by atoms with van der Waals surface area (Å²) in [6, 6.07) is 14.7. The summed E-state index contributed by atoms with van der Waals surface area (Å²) in [5, 5.41) is 15.6. The zero-order chi connectivity index (χ0) is 30.3. The number of nitrogens with zero attached hydrogens (tertiary/aromatic N) is 3. The van der Waals surface area contributed by atoms with Crippen molar-refractivity contribution in [3.8, 4) is 11.4 Å². The fourth-order valence-corrected chi connectivity index (χ4v) is 6.97. The van der Waals surface area contributed by atoms with Gasteiger partial charge in [0.05, 0.1) is 31.6 Å². The number of thioether (sulfide) groups is 1. The van der Waals surface area contributed by atoms with Gasteiger partial charge in [-0.3, -0.25) is 14.2 Å². The lowest BCUT2D eigenvalue weighted by Gasteiger charge is -2.13. The highest BCUT2D eigenvalue weighted by molar-refractivity contribution is 7.99. The van der Waals surface area contributed by atoms with Crippen molar-refractivity contribution in [3.05, 3.63) is 81.5 Å². The van der Waals surface area contributed by atoms with Gasteiger partial charge in [0.2, 0.25) is 5.91 Å². The van der Waals surface area contributed by atoms with E-state index in [1.165, 1.54) is 23.1 Å². The van der Waals surface area contributed by atoms with Crippen molar-refractivity contribution in [1.82, 2.24) is 20.1 Å². The van der Waals surface area contributed by atoms with Gasteiger partial charge in [0, 0.05) is 16.1 Å². The second kappa shape index (κ2) is 13.9. The van der Waals surface area contributed by atoms with Crippen LogP contribution in [0.1, 0.15) is 62.3 Å². The van der Waals surface area contributed by atoms with Crippen LogP contribution >= 0.6 is 23.1 Å². The quantitative estimate of drug-likeness (QED) is 0.170. The molecule has 0 aliphatic heterocycles. The van der Waals surface area contributed by atoms with Gasteiger partial charge in [-0.2, -0.15) is 0 Å². The number of amides is 2. The molecule has 43 heavy (non-hydrogen) atoms. The lowest BCUT2D eigenvalue weighted by molar-refractivity contribution is -0.113. The summed E-state index contributed by atoms with van der Waals surface area (Å²) in [4.78, 5) is 39.9. The molecule has 2 aromatic heterocycles. The van der Waals surface area contributed by atoms with E-state index in [1.54, 1.807) is 38.3 Å². The highest BCUT2D eigenvalue weighted by Gasteiger charge is 2.27. The molecule has 224 valence electrons. The molecule has 0 fully saturated rings. The maximum Gasteiger partial charge on any atom is 0.341 e. The van der Waals surface area contributed by atoms with Gasteiger partial charge in [0.1, 0.15) is 10.8 Å². The molecule has 2 aromatic carbocycles. The Bertz CT molecular complexity index is 1630. The standard InChI is InChI=1S/C31H33N5O5S2/c1-4-41-30(39)27-23-10-5-6-11-24(23)43-29(27)33-26(37)18-42-31-35-34-25(36(31)21-9-7-8-19(2)16-21)17-32-28(38)20-12-14-22(40-3)15-13-20/h7-9,12-16H,4-6,10-11,17-18H2,1-3H3,(H,32,38)(H,33,37). The Morgan fingerprint density at radius 1 is 1.07 bits per heavy atom. The van der Waals surface area contributed by atoms with Crippen LogP contribution in [0.2, 0.25) is 0 Å². The molecule has 2 heterocycles. The molecule has 0 spiro atoms. The maximum absolute atomic E-state index is 13.2. The molecule has 0 saturated carbocycles. The number of anilines is 1. The summed E-state index contributed by atoms with van der Waals surface area (Å²) in [6.45, 7) is 4.15. The number of esters is 1. The number of ether oxygens (including phenoxy) is 2. The number of carbonyl (C=O) groups is 3. The van der Waals surface area contributed by atoms with Crippen molar-refractivity contribution in [1.29, 1.82) is 0 Å². The molecule has 0 bridgehead atoms. The van der Waals surface area contributed by atoms with E-state index >= 15 is 0 Å². The summed E-state index contributed by atoms with van der Waals surface area (Å²) in [5.74, 6) is 0.314. The Balaban J connectivity index is 1.32. The topological polar surface area (TPSA) is 124 Å². The number of carbonyl (C=O) groups excluding carboxylic acids is 3. The number of fused-ring (bicyclic) bond motifs is 1. The molecule has 12 heteroatoms. The Morgan fingerprint density at radius 2 is 1.86 bits per heavy atom. The predicted octanol–water partition coefficient (Wildman–Crippen LogP) is 5.36. The number of benzene rings is 2. The van der Waals surface area contributed by atoms with Crippen molar-refractivity contribution in [2.75, 3.05) is 24.8 Å². The van der Waals surface area contributed by atoms with Crippen LogP contribution in [0.3, 0.4) is 0 Å². The van der Waals surface area contributed by atoms with Crippen molar-refractivity contribution in [2.45, 2.75) is 51.2 Å². The van der Waals surface area contributed by atoms with Crippen LogP contribution in [0.4, 0.5) is 5.00 Å². The average Bonchev–Trinajstić information content (AvgIpc) is 3.59. The Kier molecular flexibility index (Phi) is 9.78. The van der Waals surface area contributed by atoms with E-state index in [0.717, 1.165) is 47.4 Å². The highest BCUT2D eigenvalue weighted by Crippen LogP contribution is 2.38. The number of aromatic nitrogens is 3. The molecule has 5 rings (SSSR count). The van der Waals surface area contributed by atoms with Gasteiger partial charge in [0.15, 0.2) is 11.0 Å². The average molecular weight is 620 g/mol. The van der Waals surface area contributed by atoms with Gasteiger partial charge >= 0.3 is 5.97 Å². The lowest BCUT2D eigenvalue weighted by Crippen LogP contribution is -2.24. The molecule has 1 aliphatic carbocycles. The second-order valence-corrected chi connectivity index (χ2v) is 12.0. The molecule has 2 N–H and O–H groups in total. The first-order valence-corrected chi connectivity index (χ1v) is 15.9. The SMILES string of the molecule is CCOC(=O)c1c(NC(=O)CSc2nnc(CNC(=O)c3ccc(OC)cc3)n2-c2cccc(C)c2)sc2c1CCCC2. The van der Waals surface area contributed by atoms with E-state index in [1.807, 2.05) is 35.8 Å². The largest absolute Gasteiger partial charge is 0.497 e. The monoisotopic (exact) mass is 619 g/mol. The third-order valence-electron chi connectivity index (χ3n) is 6.96. The number of aryl methyl sites for hydroxylation is 2. The van der Waals surface area contributed by atoms with Crippen molar-refractivity contribution in [3.63, 3.8) is 0 Å². The van der Waals surface area contributed by atoms with Gasteiger partial charge in [-0.05, 0) is 87.1 Å². The van der Waals surface area contributed by atoms with Gasteiger partial charge in [0.25, 0.3) is 5.91 Å². The van der Waals surface area contributed by atoms with Gasteiger partial charge in [-0.1, -0.05) is 23.9 Å². The lowest BCUT2D eigenvalue weighted by atomic mass is 9.95. The molecule has 0 atom stereocenters. The number of hydrogen-bond donors (Lipinski definition) is 2. The van der Waals surface area contributed by atoms with Crippen LogP contribution in [-0.2, 0) is 28.9 Å². The molecule has 1 aliphatic rings. The fourth-order valence-electron chi connectivity index (χ4n) is 4.90. The van der Waals surface area contributed by atoms with E-state index in [4.69, 9.17) is 9.47 Å². The molecule has 10 nitrogen and oxygen atoms in total. The first-order chi connectivity index (χ1) is 20.9. The van der Waals surface area contributed by atoms with Crippen LogP contribution in [0.15, 0.2) is 53.7 Å². The second-order valence-electron chi connectivity index (χ2n) is 9.96. The summed E-state index contributed by atoms with van der Waals surface area (Å²) < 4.78 is 12.3. The van der Waals surface area contributed by atoms with Crippen molar-refractivity contribution < 1.29 is 23.9 Å². The molecule has 0 saturated heterocycles. The maximum atomic E-state index is 13.2. The van der Waals surface area contributed by atoms with Crippen LogP contribution in [0, 0.1) is 6.92 Å². The Morgan fingerprint density at radius 3 is 2.60 bits per heavy atom. The Hall–Kier alpha value is -4.16. The smallest absolute Gasteiger partial charge is 0.341 e. The minimum absolute atomic E-state index is 0.0486. The van der Waals surface area contributed by atoms with Crippen molar-refractivity contribution >= 4 is 45.9 Å². The normalized spacial score (nSPS) is 12.3. The van der Waals surface area contributed by atoms with Crippen LogP contribution in [0.5, 0.6) is 5.75 Å². The summed E-state index contributed by atoms with van der Waals surface area (Å²) in [5.41, 5.74) is 3.83. The molecule has 0 unspecified atom stereocenters. The van der Waals surface area contributed by atoms with E-state index in [2.05, 4.69) is 20.8 Å². The van der Waals surface area contributed by atoms with Crippen molar-refractivity contribution in [2.24, 2.45) is 0 Å². The molecular weight excluding hydrogens is 587 g/mol. The van der Waals surface area contributed by atoms with E-state index in [0.29, 0.717) is 32.9 Å². The van der Waals surface area contributed by atoms with Gasteiger partial charge in [-0.15, -0.1) is 21.5 Å². The third kappa shape index (κ3) is 7.08. The zero-order valence-electron chi connectivity index (χ0n) is 24.3.